The molecule has 0 bridgehead atoms. The van der Waals surface area contributed by atoms with Crippen LogP contribution >= 0.6 is 0 Å². The van der Waals surface area contributed by atoms with E-state index in [0.717, 1.165) is 24.1 Å². The van der Waals surface area contributed by atoms with E-state index in [1.54, 1.807) is 0 Å². The molecule has 5 heteroatoms. The molecule has 0 amide bonds. The average molecular weight is 307 g/mol. The molecule has 21 heavy (non-hydrogen) atoms. The van der Waals surface area contributed by atoms with E-state index in [1.807, 2.05) is 24.3 Å². The van der Waals surface area contributed by atoms with Crippen LogP contribution in [-0.2, 0) is 14.6 Å². The SMILES string of the molecule is CS(=O)(=O)C1CCCC(C(=O)C2CNc3ccccc32)C1. The lowest BCUT2D eigenvalue weighted by atomic mass is 9.80. The number of anilines is 1. The molecule has 1 aromatic rings. The van der Waals surface area contributed by atoms with E-state index in [-0.39, 0.29) is 22.9 Å². The number of benzene rings is 1. The summed E-state index contributed by atoms with van der Waals surface area (Å²) in [6.45, 7) is 0.637. The second-order valence-corrected chi connectivity index (χ2v) is 8.56. The summed E-state index contributed by atoms with van der Waals surface area (Å²) >= 11 is 0. The number of sulfone groups is 1. The zero-order valence-corrected chi connectivity index (χ0v) is 13.0. The summed E-state index contributed by atoms with van der Waals surface area (Å²) in [6.07, 6.45) is 4.13. The van der Waals surface area contributed by atoms with Crippen LogP contribution in [-0.4, -0.2) is 32.3 Å². The molecule has 0 radical (unpaired) electrons. The van der Waals surface area contributed by atoms with Gasteiger partial charge in [-0.1, -0.05) is 24.6 Å². The molecule has 0 spiro atoms. The second-order valence-electron chi connectivity index (χ2n) is 6.24. The van der Waals surface area contributed by atoms with Crippen molar-refractivity contribution in [2.45, 2.75) is 36.9 Å². The van der Waals surface area contributed by atoms with Crippen LogP contribution in [0, 0.1) is 5.92 Å². The van der Waals surface area contributed by atoms with Gasteiger partial charge in [0, 0.05) is 24.4 Å². The second kappa shape index (κ2) is 5.44. The molecule has 1 aliphatic carbocycles. The molecule has 1 aromatic carbocycles. The number of para-hydroxylation sites is 1. The molecule has 1 heterocycles. The van der Waals surface area contributed by atoms with Crippen molar-refractivity contribution in [1.29, 1.82) is 0 Å². The van der Waals surface area contributed by atoms with Crippen molar-refractivity contribution in [2.24, 2.45) is 5.92 Å². The van der Waals surface area contributed by atoms with Crippen LogP contribution in [0.3, 0.4) is 0 Å². The molecule has 114 valence electrons. The third-order valence-electron chi connectivity index (χ3n) is 4.81. The van der Waals surface area contributed by atoms with Gasteiger partial charge in [-0.3, -0.25) is 4.79 Å². The van der Waals surface area contributed by atoms with Crippen molar-refractivity contribution in [3.8, 4) is 0 Å². The highest BCUT2D eigenvalue weighted by Crippen LogP contribution is 2.37. The van der Waals surface area contributed by atoms with Crippen LogP contribution in [0.4, 0.5) is 5.69 Å². The molecule has 0 aromatic heterocycles. The fraction of sp³-hybridized carbons (Fsp3) is 0.562. The summed E-state index contributed by atoms with van der Waals surface area (Å²) in [5, 5.41) is 2.93. The normalized spacial score (nSPS) is 28.7. The Morgan fingerprint density at radius 2 is 2.00 bits per heavy atom. The van der Waals surface area contributed by atoms with Crippen LogP contribution in [0.1, 0.15) is 37.2 Å². The van der Waals surface area contributed by atoms with E-state index in [9.17, 15) is 13.2 Å². The Bertz CT molecular complexity index is 653. The van der Waals surface area contributed by atoms with Crippen LogP contribution < -0.4 is 5.32 Å². The van der Waals surface area contributed by atoms with Crippen molar-refractivity contribution in [3.05, 3.63) is 29.8 Å². The van der Waals surface area contributed by atoms with Gasteiger partial charge in [0.05, 0.1) is 11.2 Å². The summed E-state index contributed by atoms with van der Waals surface area (Å²) in [5.41, 5.74) is 2.09. The Morgan fingerprint density at radius 3 is 2.76 bits per heavy atom. The Morgan fingerprint density at radius 1 is 1.24 bits per heavy atom. The van der Waals surface area contributed by atoms with Gasteiger partial charge >= 0.3 is 0 Å². The van der Waals surface area contributed by atoms with Gasteiger partial charge < -0.3 is 5.32 Å². The molecule has 0 saturated heterocycles. The fourth-order valence-corrected chi connectivity index (χ4v) is 4.79. The van der Waals surface area contributed by atoms with Crippen molar-refractivity contribution in [1.82, 2.24) is 0 Å². The van der Waals surface area contributed by atoms with Gasteiger partial charge in [-0.2, -0.15) is 0 Å². The Labute approximate surface area is 125 Å². The predicted molar refractivity (Wildman–Crippen MR) is 83.3 cm³/mol. The summed E-state index contributed by atoms with van der Waals surface area (Å²) in [6, 6.07) is 7.89. The van der Waals surface area contributed by atoms with E-state index in [0.29, 0.717) is 19.4 Å². The number of ketones is 1. The van der Waals surface area contributed by atoms with Crippen LogP contribution in [0.15, 0.2) is 24.3 Å². The van der Waals surface area contributed by atoms with E-state index < -0.39 is 9.84 Å². The van der Waals surface area contributed by atoms with E-state index in [1.165, 1.54) is 6.26 Å². The zero-order chi connectivity index (χ0) is 15.0. The lowest BCUT2D eigenvalue weighted by molar-refractivity contribution is -0.124. The molecule has 3 rings (SSSR count). The van der Waals surface area contributed by atoms with Crippen LogP contribution in [0.25, 0.3) is 0 Å². The first-order valence-corrected chi connectivity index (χ1v) is 9.47. The molecule has 2 aliphatic rings. The van der Waals surface area contributed by atoms with Crippen molar-refractivity contribution in [2.75, 3.05) is 18.1 Å². The van der Waals surface area contributed by atoms with Gasteiger partial charge in [0.15, 0.2) is 0 Å². The monoisotopic (exact) mass is 307 g/mol. The Hall–Kier alpha value is -1.36. The molecule has 3 unspecified atom stereocenters. The number of nitrogens with one attached hydrogen (secondary N) is 1. The minimum Gasteiger partial charge on any atom is -0.384 e. The first-order chi connectivity index (χ1) is 9.97. The number of fused-ring (bicyclic) bond motifs is 1. The number of hydrogen-bond donors (Lipinski definition) is 1. The van der Waals surface area contributed by atoms with E-state index in [2.05, 4.69) is 5.32 Å². The third kappa shape index (κ3) is 2.84. The summed E-state index contributed by atoms with van der Waals surface area (Å²) in [5.74, 6) is -0.0262. The quantitative estimate of drug-likeness (QED) is 0.931. The maximum atomic E-state index is 12.8. The van der Waals surface area contributed by atoms with Gasteiger partial charge in [0.2, 0.25) is 0 Å². The molecule has 1 N–H and O–H groups in total. The van der Waals surface area contributed by atoms with E-state index in [4.69, 9.17) is 0 Å². The summed E-state index contributed by atoms with van der Waals surface area (Å²) in [7, 11) is -3.04. The van der Waals surface area contributed by atoms with Crippen LogP contribution in [0.5, 0.6) is 0 Å². The number of Topliss-reactive ketones (excluding diaryl/α,β-unsaturated/α-hetero) is 1. The molecule has 1 aliphatic heterocycles. The molecule has 3 atom stereocenters. The minimum atomic E-state index is -3.04. The standard InChI is InChI=1S/C16H21NO3S/c1-21(19,20)12-6-4-5-11(9-12)16(18)14-10-17-15-8-3-2-7-13(14)15/h2-3,7-8,11-12,14,17H,4-6,9-10H2,1H3. The lowest BCUT2D eigenvalue weighted by Gasteiger charge is -2.28. The van der Waals surface area contributed by atoms with Crippen molar-refractivity contribution < 1.29 is 13.2 Å². The third-order valence-corrected chi connectivity index (χ3v) is 6.45. The molecule has 1 saturated carbocycles. The van der Waals surface area contributed by atoms with Crippen molar-refractivity contribution in [3.63, 3.8) is 0 Å². The highest BCUT2D eigenvalue weighted by Gasteiger charge is 2.37. The smallest absolute Gasteiger partial charge is 0.150 e. The highest BCUT2D eigenvalue weighted by molar-refractivity contribution is 7.91. The van der Waals surface area contributed by atoms with Gasteiger partial charge in [-0.15, -0.1) is 0 Å². The van der Waals surface area contributed by atoms with Gasteiger partial charge in [0.1, 0.15) is 15.6 Å². The fourth-order valence-electron chi connectivity index (χ4n) is 3.61. The van der Waals surface area contributed by atoms with Crippen molar-refractivity contribution >= 4 is 21.3 Å². The van der Waals surface area contributed by atoms with Gasteiger partial charge in [0.25, 0.3) is 0 Å². The lowest BCUT2D eigenvalue weighted by Crippen LogP contribution is -2.33. The first kappa shape index (κ1) is 14.6. The molecule has 1 fully saturated rings. The topological polar surface area (TPSA) is 63.2 Å². The molecular formula is C16H21NO3S. The van der Waals surface area contributed by atoms with Crippen LogP contribution in [0.2, 0.25) is 0 Å². The highest BCUT2D eigenvalue weighted by atomic mass is 32.2. The number of carbonyl (C=O) groups excluding carboxylic acids is 1. The number of rotatable bonds is 3. The van der Waals surface area contributed by atoms with Gasteiger partial charge in [-0.05, 0) is 30.9 Å². The number of hydrogen-bond acceptors (Lipinski definition) is 4. The number of carbonyl (C=O) groups is 1. The molecular weight excluding hydrogens is 286 g/mol. The average Bonchev–Trinajstić information content (AvgIpc) is 2.90. The van der Waals surface area contributed by atoms with E-state index >= 15 is 0 Å². The first-order valence-electron chi connectivity index (χ1n) is 7.52. The Balaban J connectivity index is 1.77. The largest absolute Gasteiger partial charge is 0.384 e. The predicted octanol–water partition coefficient (Wildman–Crippen LogP) is 2.37. The van der Waals surface area contributed by atoms with Gasteiger partial charge in [-0.25, -0.2) is 8.42 Å². The zero-order valence-electron chi connectivity index (χ0n) is 12.2. The summed E-state index contributed by atoms with van der Waals surface area (Å²) < 4.78 is 23.5. The maximum Gasteiger partial charge on any atom is 0.150 e. The minimum absolute atomic E-state index is 0.114. The Kier molecular flexibility index (Phi) is 3.78. The molecule has 4 nitrogen and oxygen atoms in total. The summed E-state index contributed by atoms with van der Waals surface area (Å²) in [4.78, 5) is 12.8. The maximum absolute atomic E-state index is 12.8.